The smallest absolute Gasteiger partial charge is 0.411 e. The third-order valence-electron chi connectivity index (χ3n) is 4.99. The lowest BCUT2D eigenvalue weighted by Crippen LogP contribution is -2.56. The van der Waals surface area contributed by atoms with E-state index in [1.807, 2.05) is 56.0 Å². The van der Waals surface area contributed by atoms with E-state index in [0.717, 1.165) is 12.1 Å². The summed E-state index contributed by atoms with van der Waals surface area (Å²) >= 11 is 0. The molecule has 130 valence electrons. The Kier molecular flexibility index (Phi) is 4.06. The maximum atomic E-state index is 13.3. The van der Waals surface area contributed by atoms with Crippen molar-refractivity contribution in [1.29, 1.82) is 0 Å². The van der Waals surface area contributed by atoms with Gasteiger partial charge in [-0.05, 0) is 45.7 Å². The van der Waals surface area contributed by atoms with Crippen LogP contribution >= 0.6 is 0 Å². The molecule has 24 heavy (non-hydrogen) atoms. The largest absolute Gasteiger partial charge is 0.444 e. The van der Waals surface area contributed by atoms with Crippen LogP contribution in [0.4, 0.5) is 10.5 Å². The lowest BCUT2D eigenvalue weighted by Gasteiger charge is -2.37. The average molecular weight is 330 g/mol. The Morgan fingerprint density at radius 3 is 2.54 bits per heavy atom. The number of para-hydroxylation sites is 1. The van der Waals surface area contributed by atoms with E-state index in [1.165, 1.54) is 0 Å². The summed E-state index contributed by atoms with van der Waals surface area (Å²) in [5.41, 5.74) is -0.439. The van der Waals surface area contributed by atoms with E-state index in [1.54, 1.807) is 4.90 Å². The van der Waals surface area contributed by atoms with Gasteiger partial charge in [0, 0.05) is 24.7 Å². The molecule has 2 fully saturated rings. The second-order valence-corrected chi connectivity index (χ2v) is 7.81. The van der Waals surface area contributed by atoms with Crippen molar-refractivity contribution in [2.24, 2.45) is 5.92 Å². The average Bonchev–Trinajstić information content (AvgIpc) is 3.06. The van der Waals surface area contributed by atoms with E-state index < -0.39 is 11.1 Å². The van der Waals surface area contributed by atoms with Crippen LogP contribution in [0.3, 0.4) is 0 Å². The molecule has 0 aliphatic carbocycles. The van der Waals surface area contributed by atoms with Gasteiger partial charge in [0.25, 0.3) is 5.91 Å². The third kappa shape index (κ3) is 2.66. The molecule has 0 unspecified atom stereocenters. The maximum absolute atomic E-state index is 13.3. The summed E-state index contributed by atoms with van der Waals surface area (Å²) in [7, 11) is 0. The van der Waals surface area contributed by atoms with Crippen molar-refractivity contribution in [3.05, 3.63) is 30.3 Å². The van der Waals surface area contributed by atoms with Crippen LogP contribution in [0.15, 0.2) is 30.3 Å². The Bertz CT molecular complexity index is 638. The van der Waals surface area contributed by atoms with Gasteiger partial charge in [-0.25, -0.2) is 4.79 Å². The Morgan fingerprint density at radius 2 is 1.92 bits per heavy atom. The molecular formula is C19H26N2O3. The number of carbonyl (C=O) groups is 2. The molecule has 1 aromatic rings. The molecule has 2 aliphatic heterocycles. The van der Waals surface area contributed by atoms with E-state index in [-0.39, 0.29) is 17.9 Å². The minimum Gasteiger partial charge on any atom is -0.444 e. The topological polar surface area (TPSA) is 49.9 Å². The molecule has 1 spiro atoms. The molecule has 0 saturated carbocycles. The van der Waals surface area contributed by atoms with Gasteiger partial charge in [0.15, 0.2) is 0 Å². The Morgan fingerprint density at radius 1 is 1.25 bits per heavy atom. The summed E-state index contributed by atoms with van der Waals surface area (Å²) in [6, 6.07) is 9.68. The van der Waals surface area contributed by atoms with E-state index >= 15 is 0 Å². The highest BCUT2D eigenvalue weighted by Crippen LogP contribution is 2.44. The van der Waals surface area contributed by atoms with E-state index in [2.05, 4.69) is 6.92 Å². The van der Waals surface area contributed by atoms with Crippen molar-refractivity contribution in [1.82, 2.24) is 4.90 Å². The number of anilines is 1. The van der Waals surface area contributed by atoms with Crippen LogP contribution in [-0.2, 0) is 9.53 Å². The zero-order valence-electron chi connectivity index (χ0n) is 14.9. The number of carbonyl (C=O) groups excluding carboxylic acids is 2. The van der Waals surface area contributed by atoms with Crippen LogP contribution in [0, 0.1) is 5.92 Å². The van der Waals surface area contributed by atoms with Crippen LogP contribution in [0.1, 0.15) is 40.5 Å². The van der Waals surface area contributed by atoms with Gasteiger partial charge in [0.2, 0.25) is 0 Å². The lowest BCUT2D eigenvalue weighted by atomic mass is 9.85. The number of nitrogens with zero attached hydrogens (tertiary/aromatic N) is 2. The number of rotatable bonds is 1. The van der Waals surface area contributed by atoms with Crippen molar-refractivity contribution >= 4 is 17.7 Å². The number of hydrogen-bond donors (Lipinski definition) is 0. The summed E-state index contributed by atoms with van der Waals surface area (Å²) in [6.07, 6.45) is 1.16. The zero-order valence-corrected chi connectivity index (χ0v) is 14.9. The van der Waals surface area contributed by atoms with Gasteiger partial charge < -0.3 is 9.64 Å². The molecule has 2 heterocycles. The molecule has 2 saturated heterocycles. The molecule has 0 N–H and O–H groups in total. The first kappa shape index (κ1) is 16.8. The van der Waals surface area contributed by atoms with Crippen LogP contribution < -0.4 is 4.90 Å². The first-order valence-corrected chi connectivity index (χ1v) is 8.63. The fourth-order valence-electron chi connectivity index (χ4n) is 3.93. The fourth-order valence-corrected chi connectivity index (χ4v) is 3.93. The lowest BCUT2D eigenvalue weighted by molar-refractivity contribution is -0.127. The number of amides is 2. The highest BCUT2D eigenvalue weighted by Gasteiger charge is 2.60. The SMILES string of the molecule is C[C@H]1CN(c2ccccc2)C(=O)[C@]12CCCN2C(=O)OC(C)(C)C. The predicted molar refractivity (Wildman–Crippen MR) is 92.9 cm³/mol. The monoisotopic (exact) mass is 330 g/mol. The quantitative estimate of drug-likeness (QED) is 0.792. The summed E-state index contributed by atoms with van der Waals surface area (Å²) in [5, 5.41) is 0. The molecule has 5 heteroatoms. The summed E-state index contributed by atoms with van der Waals surface area (Å²) < 4.78 is 5.56. The minimum atomic E-state index is -0.766. The fraction of sp³-hybridized carbons (Fsp3) is 0.579. The molecule has 3 rings (SSSR count). The molecule has 0 bridgehead atoms. The molecule has 2 amide bonds. The van der Waals surface area contributed by atoms with Gasteiger partial charge in [-0.15, -0.1) is 0 Å². The predicted octanol–water partition coefficient (Wildman–Crippen LogP) is 3.44. The summed E-state index contributed by atoms with van der Waals surface area (Å²) in [6.45, 7) is 8.82. The van der Waals surface area contributed by atoms with Gasteiger partial charge in [-0.1, -0.05) is 25.1 Å². The number of ether oxygens (including phenoxy) is 1. The van der Waals surface area contributed by atoms with Gasteiger partial charge >= 0.3 is 6.09 Å². The molecule has 2 aliphatic rings. The van der Waals surface area contributed by atoms with Crippen LogP contribution in [0.25, 0.3) is 0 Å². The standard InChI is InChI=1S/C19H26N2O3/c1-14-13-20(15-9-6-5-7-10-15)16(22)19(14)11-8-12-21(19)17(23)24-18(2,3)4/h5-7,9-10,14H,8,11-13H2,1-4H3/t14-,19-/m0/s1. The van der Waals surface area contributed by atoms with E-state index in [9.17, 15) is 9.59 Å². The molecule has 5 nitrogen and oxygen atoms in total. The second-order valence-electron chi connectivity index (χ2n) is 7.81. The molecular weight excluding hydrogens is 304 g/mol. The minimum absolute atomic E-state index is 0.0181. The highest BCUT2D eigenvalue weighted by atomic mass is 16.6. The van der Waals surface area contributed by atoms with Gasteiger partial charge in [-0.2, -0.15) is 0 Å². The van der Waals surface area contributed by atoms with Gasteiger partial charge in [-0.3, -0.25) is 9.69 Å². The van der Waals surface area contributed by atoms with E-state index in [0.29, 0.717) is 19.5 Å². The van der Waals surface area contributed by atoms with Crippen LogP contribution in [-0.4, -0.2) is 41.1 Å². The normalized spacial score (nSPS) is 27.2. The van der Waals surface area contributed by atoms with Crippen LogP contribution in [0.2, 0.25) is 0 Å². The van der Waals surface area contributed by atoms with Crippen molar-refractivity contribution in [3.8, 4) is 0 Å². The highest BCUT2D eigenvalue weighted by molar-refractivity contribution is 6.05. The van der Waals surface area contributed by atoms with Crippen LogP contribution in [0.5, 0.6) is 0 Å². The molecule has 0 aromatic heterocycles. The Labute approximate surface area is 143 Å². The molecule has 2 atom stereocenters. The number of hydrogen-bond acceptors (Lipinski definition) is 3. The van der Waals surface area contributed by atoms with E-state index in [4.69, 9.17) is 4.74 Å². The Balaban J connectivity index is 1.91. The number of benzene rings is 1. The molecule has 1 aromatic carbocycles. The van der Waals surface area contributed by atoms with Crippen molar-refractivity contribution < 1.29 is 14.3 Å². The first-order valence-electron chi connectivity index (χ1n) is 8.63. The van der Waals surface area contributed by atoms with Crippen molar-refractivity contribution in [2.75, 3.05) is 18.0 Å². The summed E-state index contributed by atoms with van der Waals surface area (Å²) in [4.78, 5) is 29.5. The second kappa shape index (κ2) is 5.80. The first-order chi connectivity index (χ1) is 11.3. The van der Waals surface area contributed by atoms with Crippen molar-refractivity contribution in [2.45, 2.75) is 51.7 Å². The van der Waals surface area contributed by atoms with Crippen molar-refractivity contribution in [3.63, 3.8) is 0 Å². The zero-order chi connectivity index (χ0) is 17.5. The van der Waals surface area contributed by atoms with Gasteiger partial charge in [0.1, 0.15) is 11.1 Å². The van der Waals surface area contributed by atoms with Gasteiger partial charge in [0.05, 0.1) is 0 Å². The third-order valence-corrected chi connectivity index (χ3v) is 4.99. The Hall–Kier alpha value is -2.04. The maximum Gasteiger partial charge on any atom is 0.411 e. The molecule has 0 radical (unpaired) electrons. The summed E-state index contributed by atoms with van der Waals surface area (Å²) in [5.74, 6) is 0.0878. The number of likely N-dealkylation sites (tertiary alicyclic amines) is 1.